The van der Waals surface area contributed by atoms with E-state index in [4.69, 9.17) is 19.4 Å². The van der Waals surface area contributed by atoms with Crippen LogP contribution in [-0.4, -0.2) is 19.5 Å². The fourth-order valence-electron chi connectivity index (χ4n) is 13.0. The van der Waals surface area contributed by atoms with Crippen LogP contribution in [-0.2, 0) is 0 Å². The minimum Gasteiger partial charge on any atom is -0.456 e. The van der Waals surface area contributed by atoms with E-state index in [0.717, 1.165) is 88.4 Å². The smallest absolute Gasteiger partial charge is 0.164 e. The first kappa shape index (κ1) is 47.5. The van der Waals surface area contributed by atoms with Gasteiger partial charge in [0.25, 0.3) is 0 Å². The molecule has 0 radical (unpaired) electrons. The summed E-state index contributed by atoms with van der Waals surface area (Å²) in [5, 5.41) is 13.8. The van der Waals surface area contributed by atoms with Gasteiger partial charge in [-0.2, -0.15) is 0 Å². The molecule has 0 bridgehead atoms. The number of benzene rings is 14. The van der Waals surface area contributed by atoms with Crippen molar-refractivity contribution >= 4 is 86.8 Å². The zero-order valence-corrected chi connectivity index (χ0v) is 45.4. The Labute approximate surface area is 483 Å². The van der Waals surface area contributed by atoms with Crippen LogP contribution in [0.15, 0.2) is 296 Å². The maximum Gasteiger partial charge on any atom is 0.164 e. The third kappa shape index (κ3) is 7.82. The van der Waals surface area contributed by atoms with Crippen molar-refractivity contribution < 1.29 is 4.42 Å². The first-order chi connectivity index (χ1) is 41.6. The van der Waals surface area contributed by atoms with Gasteiger partial charge in [-0.25, -0.2) is 15.0 Å². The summed E-state index contributed by atoms with van der Waals surface area (Å²) in [6, 6.07) is 104. The minimum atomic E-state index is 0.558. The summed E-state index contributed by atoms with van der Waals surface area (Å²) in [4.78, 5) is 16.1. The molecule has 0 atom stereocenters. The van der Waals surface area contributed by atoms with Crippen LogP contribution in [0.25, 0.3) is 171 Å². The second-order valence-electron chi connectivity index (χ2n) is 21.8. The second kappa shape index (κ2) is 19.2. The van der Waals surface area contributed by atoms with Gasteiger partial charge in [0.1, 0.15) is 11.2 Å². The molecule has 0 amide bonds. The van der Waals surface area contributed by atoms with E-state index in [0.29, 0.717) is 17.5 Å². The average molecular weight is 1070 g/mol. The van der Waals surface area contributed by atoms with E-state index in [1.165, 1.54) is 65.3 Å². The normalized spacial score (nSPS) is 11.8. The highest BCUT2D eigenvalue weighted by molar-refractivity contribution is 6.24. The lowest BCUT2D eigenvalue weighted by Gasteiger charge is -2.16. The second-order valence-corrected chi connectivity index (χ2v) is 21.8. The molecule has 0 saturated heterocycles. The van der Waals surface area contributed by atoms with Crippen LogP contribution in [0.5, 0.6) is 0 Å². The van der Waals surface area contributed by atoms with Crippen LogP contribution in [0.3, 0.4) is 0 Å². The molecule has 0 fully saturated rings. The van der Waals surface area contributed by atoms with Crippen molar-refractivity contribution in [1.29, 1.82) is 0 Å². The van der Waals surface area contributed by atoms with Gasteiger partial charge in [0.15, 0.2) is 17.5 Å². The topological polar surface area (TPSA) is 56.7 Å². The molecule has 390 valence electrons. The molecular formula is C79H48N4O. The molecule has 84 heavy (non-hydrogen) atoms. The van der Waals surface area contributed by atoms with E-state index in [9.17, 15) is 0 Å². The van der Waals surface area contributed by atoms with Gasteiger partial charge in [0, 0.05) is 49.9 Å². The minimum absolute atomic E-state index is 0.558. The van der Waals surface area contributed by atoms with E-state index in [1.807, 2.05) is 0 Å². The van der Waals surface area contributed by atoms with E-state index >= 15 is 0 Å². The van der Waals surface area contributed by atoms with Crippen molar-refractivity contribution in [3.05, 3.63) is 291 Å². The van der Waals surface area contributed by atoms with Crippen LogP contribution in [0.1, 0.15) is 0 Å². The highest BCUT2D eigenvalue weighted by atomic mass is 16.3. The van der Waals surface area contributed by atoms with E-state index in [2.05, 4.69) is 296 Å². The molecule has 0 saturated carbocycles. The summed E-state index contributed by atoms with van der Waals surface area (Å²) in [7, 11) is 0. The van der Waals surface area contributed by atoms with Crippen molar-refractivity contribution in [2.24, 2.45) is 0 Å². The van der Waals surface area contributed by atoms with Crippen LogP contribution in [0, 0.1) is 0 Å². The number of rotatable bonds is 8. The van der Waals surface area contributed by atoms with Crippen molar-refractivity contribution in [2.45, 2.75) is 0 Å². The lowest BCUT2D eigenvalue weighted by atomic mass is 9.92. The third-order valence-electron chi connectivity index (χ3n) is 17.0. The van der Waals surface area contributed by atoms with Gasteiger partial charge < -0.3 is 8.98 Å². The van der Waals surface area contributed by atoms with E-state index < -0.39 is 0 Å². The predicted octanol–water partition coefficient (Wildman–Crippen LogP) is 21.1. The van der Waals surface area contributed by atoms with Crippen molar-refractivity contribution in [3.63, 3.8) is 0 Å². The molecule has 0 spiro atoms. The van der Waals surface area contributed by atoms with Gasteiger partial charge in [-0.15, -0.1) is 0 Å². The standard InChI is InChI=1S/C79H48N4O/c1-2-17-50(18-3-1)61-26-12-13-27-63(61)53-33-35-55(36-34-53)67-47-69-74(48-72(67)83-70-43-42-52-20-9-11-28-65(52)75(70)68-45-58-22-6-7-23-59(58)46-71(68)83)84-73-31-15-30-66(76(69)73)79-81-77(80-78(82-79)60-41-32-49-16-4-5-21-57(49)44-60)56-39-37-54(38-40-56)64-29-14-24-51-19-8-10-25-62(51)64/h1-48H. The van der Waals surface area contributed by atoms with Crippen LogP contribution < -0.4 is 0 Å². The summed E-state index contributed by atoms with van der Waals surface area (Å²) in [6.45, 7) is 0. The Balaban J connectivity index is 0.898. The summed E-state index contributed by atoms with van der Waals surface area (Å²) in [5.74, 6) is 1.73. The van der Waals surface area contributed by atoms with Gasteiger partial charge >= 0.3 is 0 Å². The Bertz CT molecular complexity index is 5480. The summed E-state index contributed by atoms with van der Waals surface area (Å²) in [5.41, 5.74) is 16.5. The maximum atomic E-state index is 7.12. The molecule has 5 nitrogen and oxygen atoms in total. The summed E-state index contributed by atoms with van der Waals surface area (Å²) < 4.78 is 9.58. The monoisotopic (exact) mass is 1070 g/mol. The molecule has 0 aliphatic heterocycles. The zero-order valence-electron chi connectivity index (χ0n) is 45.4. The molecular weight excluding hydrogens is 1020 g/mol. The number of aromatic nitrogens is 4. The Morgan fingerprint density at radius 2 is 0.738 bits per heavy atom. The molecule has 0 aliphatic carbocycles. The highest BCUT2D eigenvalue weighted by Crippen LogP contribution is 2.46. The molecule has 14 aromatic carbocycles. The fraction of sp³-hybridized carbons (Fsp3) is 0. The molecule has 5 heteroatoms. The summed E-state index contributed by atoms with van der Waals surface area (Å²) in [6.07, 6.45) is 0. The van der Waals surface area contributed by atoms with Crippen molar-refractivity contribution in [2.75, 3.05) is 0 Å². The SMILES string of the molecule is c1ccc(-c2ccccc2-c2ccc(-c3cc4c(cc3-n3c5cc6ccccc6cc5c5c6ccccc6ccc53)oc3cccc(-c5nc(-c6ccc(-c7cccc8ccccc78)cc6)nc(-c6ccc7ccccc7c6)n5)c34)cc2)cc1. The third-order valence-corrected chi connectivity index (χ3v) is 17.0. The fourth-order valence-corrected chi connectivity index (χ4v) is 13.0. The lowest BCUT2D eigenvalue weighted by molar-refractivity contribution is 0.668. The van der Waals surface area contributed by atoms with E-state index in [1.54, 1.807) is 0 Å². The molecule has 3 aromatic heterocycles. The number of fused-ring (bicyclic) bond motifs is 11. The van der Waals surface area contributed by atoms with Gasteiger partial charge in [-0.3, -0.25) is 0 Å². The molecule has 17 aromatic rings. The van der Waals surface area contributed by atoms with Crippen molar-refractivity contribution in [3.8, 4) is 84.4 Å². The molecule has 0 aliphatic rings. The zero-order chi connectivity index (χ0) is 55.2. The lowest BCUT2D eigenvalue weighted by Crippen LogP contribution is -2.00. The average Bonchev–Trinajstić information content (AvgIpc) is 1.81. The Kier molecular flexibility index (Phi) is 10.9. The Morgan fingerprint density at radius 3 is 1.49 bits per heavy atom. The first-order valence-electron chi connectivity index (χ1n) is 28.6. The van der Waals surface area contributed by atoms with Crippen LogP contribution in [0.2, 0.25) is 0 Å². The Morgan fingerprint density at radius 1 is 0.238 bits per heavy atom. The number of hydrogen-bond donors (Lipinski definition) is 0. The van der Waals surface area contributed by atoms with Gasteiger partial charge in [0.05, 0.1) is 16.7 Å². The van der Waals surface area contributed by atoms with Gasteiger partial charge in [-0.05, 0) is 118 Å². The maximum absolute atomic E-state index is 7.12. The van der Waals surface area contributed by atoms with Gasteiger partial charge in [-0.1, -0.05) is 249 Å². The number of nitrogens with zero attached hydrogens (tertiary/aromatic N) is 4. The molecule has 0 N–H and O–H groups in total. The van der Waals surface area contributed by atoms with Crippen LogP contribution in [0.4, 0.5) is 0 Å². The number of furan rings is 1. The van der Waals surface area contributed by atoms with E-state index in [-0.39, 0.29) is 0 Å². The molecule has 17 rings (SSSR count). The molecule has 3 heterocycles. The van der Waals surface area contributed by atoms with Crippen molar-refractivity contribution in [1.82, 2.24) is 19.5 Å². The van der Waals surface area contributed by atoms with Gasteiger partial charge in [0.2, 0.25) is 0 Å². The Hall–Kier alpha value is -11.3. The molecule has 0 unspecified atom stereocenters. The largest absolute Gasteiger partial charge is 0.456 e. The van der Waals surface area contributed by atoms with Crippen LogP contribution >= 0.6 is 0 Å². The quantitative estimate of drug-likeness (QED) is 0.152. The highest BCUT2D eigenvalue weighted by Gasteiger charge is 2.24. The predicted molar refractivity (Wildman–Crippen MR) is 350 cm³/mol. The summed E-state index contributed by atoms with van der Waals surface area (Å²) >= 11 is 0. The number of hydrogen-bond acceptors (Lipinski definition) is 4. The first-order valence-corrected chi connectivity index (χ1v) is 28.6.